The van der Waals surface area contributed by atoms with Crippen LogP contribution in [0.5, 0.6) is 17.2 Å². The highest BCUT2D eigenvalue weighted by Crippen LogP contribution is 2.30. The highest BCUT2D eigenvalue weighted by atomic mass is 16.5. The quantitative estimate of drug-likeness (QED) is 0.744. The largest absolute Gasteiger partial charge is 0.497 e. The van der Waals surface area contributed by atoms with E-state index in [1.54, 1.807) is 31.6 Å². The van der Waals surface area contributed by atoms with Crippen molar-refractivity contribution < 1.29 is 19.0 Å². The van der Waals surface area contributed by atoms with Crippen LogP contribution in [-0.2, 0) is 0 Å². The summed E-state index contributed by atoms with van der Waals surface area (Å²) >= 11 is 0. The van der Waals surface area contributed by atoms with Gasteiger partial charge in [0.25, 0.3) is 0 Å². The van der Waals surface area contributed by atoms with Gasteiger partial charge in [-0.25, -0.2) is 0 Å². The summed E-state index contributed by atoms with van der Waals surface area (Å²) in [6.07, 6.45) is 3.39. The zero-order valence-electron chi connectivity index (χ0n) is 16.0. The molecule has 0 aliphatic carbocycles. The number of carbonyl (C=O) groups is 1. The summed E-state index contributed by atoms with van der Waals surface area (Å²) in [4.78, 5) is 17.3. The highest BCUT2D eigenvalue weighted by molar-refractivity contribution is 5.98. The van der Waals surface area contributed by atoms with Gasteiger partial charge in [0, 0.05) is 43.5 Å². The summed E-state index contributed by atoms with van der Waals surface area (Å²) in [6, 6.07) is 13.5. The van der Waals surface area contributed by atoms with Gasteiger partial charge in [0.05, 0.1) is 19.9 Å². The second-order valence-corrected chi connectivity index (χ2v) is 6.85. The van der Waals surface area contributed by atoms with Gasteiger partial charge in [-0.1, -0.05) is 6.07 Å². The van der Waals surface area contributed by atoms with Gasteiger partial charge in [-0.3, -0.25) is 9.69 Å². The van der Waals surface area contributed by atoms with Crippen LogP contribution in [-0.4, -0.2) is 57.1 Å². The van der Waals surface area contributed by atoms with Crippen LogP contribution in [0.2, 0.25) is 0 Å². The predicted molar refractivity (Wildman–Crippen MR) is 108 cm³/mol. The maximum Gasteiger partial charge on any atom is 0.176 e. The number of nitrogens with zero attached hydrogens (tertiary/aromatic N) is 2. The minimum atomic E-state index is 0.0921. The van der Waals surface area contributed by atoms with E-state index in [2.05, 4.69) is 15.9 Å². The number of anilines is 1. The fourth-order valence-corrected chi connectivity index (χ4v) is 3.46. The van der Waals surface area contributed by atoms with Crippen molar-refractivity contribution in [3.63, 3.8) is 0 Å². The molecular weight excluding hydrogens is 356 g/mol. The van der Waals surface area contributed by atoms with Crippen molar-refractivity contribution in [2.45, 2.75) is 0 Å². The number of fused-ring (bicyclic) bond motifs is 1. The molecule has 6 heteroatoms. The van der Waals surface area contributed by atoms with E-state index in [1.807, 2.05) is 24.3 Å². The van der Waals surface area contributed by atoms with Crippen molar-refractivity contribution in [2.24, 2.45) is 0 Å². The third-order valence-electron chi connectivity index (χ3n) is 5.05. The summed E-state index contributed by atoms with van der Waals surface area (Å²) in [5, 5.41) is 0. The van der Waals surface area contributed by atoms with Crippen LogP contribution < -0.4 is 19.1 Å². The second kappa shape index (κ2) is 8.35. The van der Waals surface area contributed by atoms with Gasteiger partial charge in [-0.2, -0.15) is 0 Å². The number of hydrogen-bond acceptors (Lipinski definition) is 6. The van der Waals surface area contributed by atoms with Crippen LogP contribution >= 0.6 is 0 Å². The molecule has 2 aliphatic rings. The molecule has 0 bridgehead atoms. The molecule has 4 rings (SSSR count). The smallest absolute Gasteiger partial charge is 0.176 e. The van der Waals surface area contributed by atoms with Crippen LogP contribution in [0.4, 0.5) is 5.69 Å². The molecule has 1 fully saturated rings. The third kappa shape index (κ3) is 4.12. The molecule has 0 unspecified atom stereocenters. The average Bonchev–Trinajstić information content (AvgIpc) is 2.99. The number of methoxy groups -OCH3 is 1. The molecule has 0 amide bonds. The summed E-state index contributed by atoms with van der Waals surface area (Å²) in [5.74, 6) is 2.20. The van der Waals surface area contributed by atoms with Crippen molar-refractivity contribution in [3.05, 3.63) is 60.4 Å². The first-order valence-corrected chi connectivity index (χ1v) is 9.46. The molecule has 146 valence electrons. The molecule has 2 aromatic rings. The van der Waals surface area contributed by atoms with E-state index in [4.69, 9.17) is 14.2 Å². The second-order valence-electron chi connectivity index (χ2n) is 6.85. The monoisotopic (exact) mass is 380 g/mol. The lowest BCUT2D eigenvalue weighted by Gasteiger charge is -2.35. The number of ketones is 1. The van der Waals surface area contributed by atoms with E-state index in [-0.39, 0.29) is 5.78 Å². The first kappa shape index (κ1) is 18.4. The number of rotatable bonds is 5. The summed E-state index contributed by atoms with van der Waals surface area (Å²) < 4.78 is 16.4. The van der Waals surface area contributed by atoms with Gasteiger partial charge < -0.3 is 19.1 Å². The number of Topliss-reactive ketones (excluding diaryl/α,β-unsaturated/α-hetero) is 1. The van der Waals surface area contributed by atoms with E-state index >= 15 is 0 Å². The first-order valence-electron chi connectivity index (χ1n) is 9.46. The number of carbonyl (C=O) groups excluding carboxylic acids is 1. The Kier molecular flexibility index (Phi) is 5.48. The minimum absolute atomic E-state index is 0.0921. The van der Waals surface area contributed by atoms with E-state index in [0.29, 0.717) is 30.2 Å². The van der Waals surface area contributed by atoms with Crippen molar-refractivity contribution in [2.75, 3.05) is 51.3 Å². The maximum atomic E-state index is 12.7. The molecule has 6 nitrogen and oxygen atoms in total. The molecular formula is C22H24N2O4. The lowest BCUT2D eigenvalue weighted by molar-refractivity contribution is 0.0926. The number of ether oxygens (including phenoxy) is 3. The van der Waals surface area contributed by atoms with Crippen LogP contribution in [0.1, 0.15) is 10.4 Å². The summed E-state index contributed by atoms with van der Waals surface area (Å²) in [5.41, 5.74) is 1.80. The Hall–Kier alpha value is -2.99. The summed E-state index contributed by atoms with van der Waals surface area (Å²) in [7, 11) is 1.68. The van der Waals surface area contributed by atoms with Crippen molar-refractivity contribution in [1.29, 1.82) is 0 Å². The Morgan fingerprint density at radius 3 is 2.75 bits per heavy atom. The number of hydrogen-bond donors (Lipinski definition) is 0. The molecule has 0 aromatic heterocycles. The normalized spacial score (nSPS) is 16.5. The van der Waals surface area contributed by atoms with Crippen LogP contribution in [0.15, 0.2) is 54.8 Å². The fourth-order valence-electron chi connectivity index (χ4n) is 3.46. The van der Waals surface area contributed by atoms with Crippen LogP contribution in [0.3, 0.4) is 0 Å². The molecule has 1 saturated heterocycles. The van der Waals surface area contributed by atoms with Crippen LogP contribution in [0, 0.1) is 0 Å². The number of piperazine rings is 1. The first-order chi connectivity index (χ1) is 13.7. The van der Waals surface area contributed by atoms with Gasteiger partial charge >= 0.3 is 0 Å². The lowest BCUT2D eigenvalue weighted by Crippen LogP contribution is -2.48. The summed E-state index contributed by atoms with van der Waals surface area (Å²) in [6.45, 7) is 4.32. The molecule has 0 spiro atoms. The topological polar surface area (TPSA) is 51.2 Å². The zero-order chi connectivity index (χ0) is 19.3. The number of benzene rings is 2. The molecule has 0 saturated carbocycles. The maximum absolute atomic E-state index is 12.7. The van der Waals surface area contributed by atoms with Crippen LogP contribution in [0.25, 0.3) is 0 Å². The van der Waals surface area contributed by atoms with E-state index in [9.17, 15) is 4.79 Å². The SMILES string of the molecule is COc1cccc(N2CCN(CC(=O)c3ccc4c(c3)OC=CCO4)CC2)c1. The molecule has 28 heavy (non-hydrogen) atoms. The molecule has 2 aliphatic heterocycles. The Labute approximate surface area is 164 Å². The van der Waals surface area contributed by atoms with Crippen molar-refractivity contribution in [1.82, 2.24) is 4.90 Å². The minimum Gasteiger partial charge on any atom is -0.497 e. The Morgan fingerprint density at radius 1 is 1.07 bits per heavy atom. The fraction of sp³-hybridized carbons (Fsp3) is 0.318. The Morgan fingerprint density at radius 2 is 1.93 bits per heavy atom. The highest BCUT2D eigenvalue weighted by Gasteiger charge is 2.21. The standard InChI is InChI=1S/C22H24N2O4/c1-26-19-5-2-4-18(15-19)24-10-8-23(9-11-24)16-20(25)17-6-7-21-22(14-17)28-13-3-12-27-21/h2-7,13-15H,8-12,16H2,1H3. The van der Waals surface area contributed by atoms with E-state index < -0.39 is 0 Å². The Balaban J connectivity index is 1.35. The van der Waals surface area contributed by atoms with Crippen molar-refractivity contribution >= 4 is 11.5 Å². The van der Waals surface area contributed by atoms with Gasteiger partial charge in [-0.05, 0) is 36.4 Å². The van der Waals surface area contributed by atoms with Gasteiger partial charge in [-0.15, -0.1) is 0 Å². The average molecular weight is 380 g/mol. The molecule has 0 atom stereocenters. The molecule has 2 aromatic carbocycles. The van der Waals surface area contributed by atoms with E-state index in [1.165, 1.54) is 0 Å². The zero-order valence-corrected chi connectivity index (χ0v) is 16.0. The van der Waals surface area contributed by atoms with Crippen molar-refractivity contribution in [3.8, 4) is 17.2 Å². The molecule has 0 radical (unpaired) electrons. The Bertz CT molecular complexity index is 873. The van der Waals surface area contributed by atoms with Gasteiger partial charge in [0.2, 0.25) is 0 Å². The van der Waals surface area contributed by atoms with E-state index in [0.717, 1.165) is 37.6 Å². The van der Waals surface area contributed by atoms with Gasteiger partial charge in [0.15, 0.2) is 17.3 Å². The molecule has 0 N–H and O–H groups in total. The lowest BCUT2D eigenvalue weighted by atomic mass is 10.1. The third-order valence-corrected chi connectivity index (χ3v) is 5.05. The van der Waals surface area contributed by atoms with Gasteiger partial charge in [0.1, 0.15) is 12.4 Å². The predicted octanol–water partition coefficient (Wildman–Crippen LogP) is 2.99. The molecule has 2 heterocycles.